The largest absolute Gasteiger partial charge is 0.490 e. The summed E-state index contributed by atoms with van der Waals surface area (Å²) in [5.41, 5.74) is 0.610. The maximum Gasteiger partial charge on any atom is 0.162 e. The van der Waals surface area contributed by atoms with Gasteiger partial charge in [0, 0.05) is 37.9 Å². The summed E-state index contributed by atoms with van der Waals surface area (Å²) in [7, 11) is 0. The highest BCUT2D eigenvalue weighted by Crippen LogP contribution is 2.34. The van der Waals surface area contributed by atoms with Crippen LogP contribution in [0.5, 0.6) is 5.75 Å². The van der Waals surface area contributed by atoms with Crippen molar-refractivity contribution in [3.05, 3.63) is 29.8 Å². The van der Waals surface area contributed by atoms with Gasteiger partial charge in [-0.05, 0) is 24.3 Å². The van der Waals surface area contributed by atoms with Gasteiger partial charge in [-0.3, -0.25) is 4.79 Å². The molecule has 1 aromatic carbocycles. The second kappa shape index (κ2) is 6.16. The molecule has 0 amide bonds. The minimum absolute atomic E-state index is 0.138. The molecule has 0 saturated carbocycles. The summed E-state index contributed by atoms with van der Waals surface area (Å²) in [5.74, 6) is 0.985. The van der Waals surface area contributed by atoms with Gasteiger partial charge in [-0.25, -0.2) is 0 Å². The maximum absolute atomic E-state index is 11.6. The molecule has 114 valence electrons. The smallest absolute Gasteiger partial charge is 0.162 e. The number of hydrogen-bond donors (Lipinski definition) is 0. The van der Waals surface area contributed by atoms with Crippen LogP contribution in [0.1, 0.15) is 43.0 Å². The first-order valence-electron chi connectivity index (χ1n) is 7.72. The van der Waals surface area contributed by atoms with Crippen molar-refractivity contribution in [2.45, 2.75) is 44.3 Å². The van der Waals surface area contributed by atoms with Gasteiger partial charge in [-0.2, -0.15) is 0 Å². The second-order valence-corrected chi connectivity index (χ2v) is 5.87. The SMILES string of the molecule is CCC(=O)c1ccc(OC2CCOC3(CCOC3)C2)cc1. The number of carbonyl (C=O) groups excluding carboxylic acids is 1. The van der Waals surface area contributed by atoms with Crippen molar-refractivity contribution < 1.29 is 19.0 Å². The van der Waals surface area contributed by atoms with Gasteiger partial charge in [0.25, 0.3) is 0 Å². The molecule has 21 heavy (non-hydrogen) atoms. The Labute approximate surface area is 125 Å². The fourth-order valence-corrected chi connectivity index (χ4v) is 3.06. The number of hydrogen-bond acceptors (Lipinski definition) is 4. The average Bonchev–Trinajstić information content (AvgIpc) is 2.95. The second-order valence-electron chi connectivity index (χ2n) is 5.87. The highest BCUT2D eigenvalue weighted by molar-refractivity contribution is 5.95. The molecule has 2 unspecified atom stereocenters. The van der Waals surface area contributed by atoms with E-state index in [1.54, 1.807) is 0 Å². The minimum Gasteiger partial charge on any atom is -0.490 e. The van der Waals surface area contributed by atoms with E-state index in [2.05, 4.69) is 0 Å². The van der Waals surface area contributed by atoms with Gasteiger partial charge in [-0.15, -0.1) is 0 Å². The van der Waals surface area contributed by atoms with Crippen LogP contribution >= 0.6 is 0 Å². The first kappa shape index (κ1) is 14.5. The minimum atomic E-state index is -0.138. The van der Waals surface area contributed by atoms with Gasteiger partial charge in [0.05, 0.1) is 18.8 Å². The highest BCUT2D eigenvalue weighted by Gasteiger charge is 2.41. The summed E-state index contributed by atoms with van der Waals surface area (Å²) >= 11 is 0. The molecule has 2 heterocycles. The lowest BCUT2D eigenvalue weighted by molar-refractivity contribution is -0.112. The molecule has 2 fully saturated rings. The van der Waals surface area contributed by atoms with Gasteiger partial charge in [-0.1, -0.05) is 6.92 Å². The lowest BCUT2D eigenvalue weighted by Crippen LogP contribution is -2.44. The molecule has 2 aliphatic heterocycles. The van der Waals surface area contributed by atoms with Gasteiger partial charge in [0.15, 0.2) is 5.78 Å². The van der Waals surface area contributed by atoms with Gasteiger partial charge < -0.3 is 14.2 Å². The molecule has 3 rings (SSSR count). The molecule has 2 saturated heterocycles. The van der Waals surface area contributed by atoms with E-state index in [0.717, 1.165) is 43.8 Å². The Morgan fingerprint density at radius 1 is 1.33 bits per heavy atom. The third-order valence-corrected chi connectivity index (χ3v) is 4.32. The van der Waals surface area contributed by atoms with Gasteiger partial charge >= 0.3 is 0 Å². The van der Waals surface area contributed by atoms with E-state index in [-0.39, 0.29) is 17.5 Å². The molecule has 0 aliphatic carbocycles. The zero-order chi connectivity index (χ0) is 14.7. The van der Waals surface area contributed by atoms with Crippen LogP contribution in [0, 0.1) is 0 Å². The van der Waals surface area contributed by atoms with Crippen LogP contribution in [0.25, 0.3) is 0 Å². The Hall–Kier alpha value is -1.39. The van der Waals surface area contributed by atoms with Crippen LogP contribution in [-0.2, 0) is 9.47 Å². The standard InChI is InChI=1S/C17H22O4/c1-2-16(18)13-3-5-14(6-4-13)21-15-7-9-20-17(11-15)8-10-19-12-17/h3-6,15H,2,7-12H2,1H3. The van der Waals surface area contributed by atoms with Crippen molar-refractivity contribution in [2.75, 3.05) is 19.8 Å². The first-order chi connectivity index (χ1) is 10.2. The number of ketones is 1. The Kier molecular flexibility index (Phi) is 4.27. The molecule has 4 heteroatoms. The van der Waals surface area contributed by atoms with E-state index in [9.17, 15) is 4.79 Å². The summed E-state index contributed by atoms with van der Waals surface area (Å²) in [6.45, 7) is 4.05. The van der Waals surface area contributed by atoms with E-state index < -0.39 is 0 Å². The summed E-state index contributed by atoms with van der Waals surface area (Å²) in [6.07, 6.45) is 3.42. The third-order valence-electron chi connectivity index (χ3n) is 4.32. The average molecular weight is 290 g/mol. The number of ether oxygens (including phenoxy) is 3. The third kappa shape index (κ3) is 3.27. The van der Waals surface area contributed by atoms with Crippen LogP contribution in [0.15, 0.2) is 24.3 Å². The Morgan fingerprint density at radius 3 is 2.81 bits per heavy atom. The Bertz CT molecular complexity index is 488. The monoisotopic (exact) mass is 290 g/mol. The molecule has 0 radical (unpaired) electrons. The molecule has 0 bridgehead atoms. The van der Waals surface area contributed by atoms with E-state index in [1.165, 1.54) is 0 Å². The van der Waals surface area contributed by atoms with Crippen molar-refractivity contribution in [2.24, 2.45) is 0 Å². The predicted molar refractivity (Wildman–Crippen MR) is 78.8 cm³/mol. The topological polar surface area (TPSA) is 44.8 Å². The van der Waals surface area contributed by atoms with Crippen LogP contribution in [0.4, 0.5) is 0 Å². The van der Waals surface area contributed by atoms with E-state index in [0.29, 0.717) is 13.0 Å². The van der Waals surface area contributed by atoms with Crippen molar-refractivity contribution in [1.82, 2.24) is 0 Å². The zero-order valence-electron chi connectivity index (χ0n) is 12.5. The summed E-state index contributed by atoms with van der Waals surface area (Å²) in [5, 5.41) is 0. The first-order valence-corrected chi connectivity index (χ1v) is 7.72. The Morgan fingerprint density at radius 2 is 2.14 bits per heavy atom. The van der Waals surface area contributed by atoms with Crippen LogP contribution in [-0.4, -0.2) is 37.3 Å². The van der Waals surface area contributed by atoms with E-state index in [4.69, 9.17) is 14.2 Å². The highest BCUT2D eigenvalue weighted by atomic mass is 16.6. The molecule has 2 aliphatic rings. The summed E-state index contributed by atoms with van der Waals surface area (Å²) in [6, 6.07) is 7.45. The van der Waals surface area contributed by atoms with Gasteiger partial charge in [0.1, 0.15) is 11.9 Å². The molecule has 1 spiro atoms. The quantitative estimate of drug-likeness (QED) is 0.800. The molecular formula is C17H22O4. The van der Waals surface area contributed by atoms with Crippen molar-refractivity contribution >= 4 is 5.78 Å². The number of Topliss-reactive ketones (excluding diaryl/α,β-unsaturated/α-hetero) is 1. The van der Waals surface area contributed by atoms with Crippen LogP contribution in [0.2, 0.25) is 0 Å². The zero-order valence-corrected chi connectivity index (χ0v) is 12.5. The Balaban J connectivity index is 1.62. The van der Waals surface area contributed by atoms with Crippen molar-refractivity contribution in [3.63, 3.8) is 0 Å². The van der Waals surface area contributed by atoms with Crippen molar-refractivity contribution in [3.8, 4) is 5.75 Å². The normalized spacial score (nSPS) is 28.7. The lowest BCUT2D eigenvalue weighted by Gasteiger charge is -2.37. The molecule has 0 N–H and O–H groups in total. The number of carbonyl (C=O) groups is 1. The molecule has 0 aromatic heterocycles. The number of rotatable bonds is 4. The summed E-state index contributed by atoms with van der Waals surface area (Å²) in [4.78, 5) is 11.6. The molecule has 1 aromatic rings. The fraction of sp³-hybridized carbons (Fsp3) is 0.588. The molecule has 2 atom stereocenters. The summed E-state index contributed by atoms with van der Waals surface area (Å²) < 4.78 is 17.4. The van der Waals surface area contributed by atoms with Crippen LogP contribution in [0.3, 0.4) is 0 Å². The lowest BCUT2D eigenvalue weighted by atomic mass is 9.91. The van der Waals surface area contributed by atoms with Crippen molar-refractivity contribution in [1.29, 1.82) is 0 Å². The molecular weight excluding hydrogens is 268 g/mol. The fourth-order valence-electron chi connectivity index (χ4n) is 3.06. The molecule has 4 nitrogen and oxygen atoms in total. The predicted octanol–water partition coefficient (Wildman–Crippen LogP) is 3.00. The van der Waals surface area contributed by atoms with E-state index >= 15 is 0 Å². The maximum atomic E-state index is 11.6. The number of benzene rings is 1. The van der Waals surface area contributed by atoms with E-state index in [1.807, 2.05) is 31.2 Å². The van der Waals surface area contributed by atoms with Crippen LogP contribution < -0.4 is 4.74 Å². The van der Waals surface area contributed by atoms with Gasteiger partial charge in [0.2, 0.25) is 0 Å².